The minimum atomic E-state index is 0.578. The van der Waals surface area contributed by atoms with Crippen molar-refractivity contribution in [3.05, 3.63) is 193 Å². The Kier molecular flexibility index (Phi) is 6.61. The second-order valence-corrected chi connectivity index (χ2v) is 13.9. The first-order valence-electron chi connectivity index (χ1n) is 18.3. The Labute approximate surface area is 316 Å². The summed E-state index contributed by atoms with van der Waals surface area (Å²) in [5, 5.41) is 17.0. The molecule has 0 saturated heterocycles. The molecule has 0 atom stereocenters. The third kappa shape index (κ3) is 4.33. The highest BCUT2D eigenvalue weighted by Crippen LogP contribution is 2.44. The molecule has 5 heteroatoms. The van der Waals surface area contributed by atoms with Gasteiger partial charge in [-0.25, -0.2) is 4.85 Å². The van der Waals surface area contributed by atoms with E-state index in [0.29, 0.717) is 11.3 Å². The van der Waals surface area contributed by atoms with Crippen LogP contribution in [0.3, 0.4) is 0 Å². The standard InChI is InChI=1S/C50H29N5/c1-52-41-20-12-25-46(48(41)32-27-29-34(30-28-32)53-42-21-6-4-16-37(42)39-18-10-13-33(31-51)49(39)53)55-45-24-9-5-17-38(45)40-19-11-26-47(50(40)55)54-43-22-7-2-14-35(43)36-15-3-8-23-44(36)54/h2-30H. The van der Waals surface area contributed by atoms with Crippen molar-refractivity contribution in [3.63, 3.8) is 0 Å². The monoisotopic (exact) mass is 699 g/mol. The van der Waals surface area contributed by atoms with Crippen LogP contribution in [0.5, 0.6) is 0 Å². The van der Waals surface area contributed by atoms with E-state index in [4.69, 9.17) is 6.57 Å². The van der Waals surface area contributed by atoms with Gasteiger partial charge in [0, 0.05) is 49.3 Å². The van der Waals surface area contributed by atoms with E-state index >= 15 is 0 Å². The normalized spacial score (nSPS) is 11.6. The van der Waals surface area contributed by atoms with Crippen LogP contribution in [0.1, 0.15) is 5.56 Å². The van der Waals surface area contributed by atoms with Gasteiger partial charge in [0.1, 0.15) is 6.07 Å². The number of hydrogen-bond acceptors (Lipinski definition) is 1. The molecule has 55 heavy (non-hydrogen) atoms. The minimum Gasteiger partial charge on any atom is -0.308 e. The van der Waals surface area contributed by atoms with Gasteiger partial charge in [0.05, 0.1) is 50.9 Å². The quantitative estimate of drug-likeness (QED) is 0.169. The third-order valence-electron chi connectivity index (χ3n) is 11.1. The predicted octanol–water partition coefficient (Wildman–Crippen LogP) is 13.1. The number of benzene rings is 8. The largest absolute Gasteiger partial charge is 0.308 e. The molecular formula is C50H29N5. The van der Waals surface area contributed by atoms with Crippen molar-refractivity contribution in [2.45, 2.75) is 0 Å². The summed E-state index contributed by atoms with van der Waals surface area (Å²) in [6.45, 7) is 8.38. The van der Waals surface area contributed by atoms with Gasteiger partial charge in [-0.05, 0) is 60.2 Å². The maximum absolute atomic E-state index is 10.1. The molecule has 11 aromatic rings. The van der Waals surface area contributed by atoms with E-state index in [0.717, 1.165) is 82.8 Å². The van der Waals surface area contributed by atoms with Gasteiger partial charge < -0.3 is 13.7 Å². The van der Waals surface area contributed by atoms with Crippen molar-refractivity contribution in [3.8, 4) is 34.3 Å². The number of nitrogens with zero attached hydrogens (tertiary/aromatic N) is 5. The van der Waals surface area contributed by atoms with Crippen LogP contribution in [0.2, 0.25) is 0 Å². The number of para-hydroxylation sites is 6. The molecule has 0 spiro atoms. The number of fused-ring (bicyclic) bond motifs is 9. The molecule has 8 aromatic carbocycles. The highest BCUT2D eigenvalue weighted by Gasteiger charge is 2.23. The van der Waals surface area contributed by atoms with E-state index in [1.54, 1.807) is 0 Å². The molecule has 0 N–H and O–H groups in total. The van der Waals surface area contributed by atoms with Gasteiger partial charge in [0.2, 0.25) is 0 Å². The molecule has 0 aliphatic rings. The summed E-state index contributed by atoms with van der Waals surface area (Å²) in [7, 11) is 0. The number of nitriles is 1. The molecule has 254 valence electrons. The highest BCUT2D eigenvalue weighted by atomic mass is 15.1. The molecule has 3 aromatic heterocycles. The molecule has 11 rings (SSSR count). The fourth-order valence-corrected chi connectivity index (χ4v) is 8.87. The first-order valence-corrected chi connectivity index (χ1v) is 18.3. The van der Waals surface area contributed by atoms with Gasteiger partial charge in [0.15, 0.2) is 5.69 Å². The Balaban J connectivity index is 1.19. The highest BCUT2D eigenvalue weighted by molar-refractivity contribution is 6.16. The van der Waals surface area contributed by atoms with E-state index in [2.05, 4.69) is 164 Å². The van der Waals surface area contributed by atoms with Gasteiger partial charge in [-0.2, -0.15) is 5.26 Å². The summed E-state index contributed by atoms with van der Waals surface area (Å²) < 4.78 is 6.92. The first kappa shape index (κ1) is 30.7. The topological polar surface area (TPSA) is 42.9 Å². The van der Waals surface area contributed by atoms with Crippen LogP contribution >= 0.6 is 0 Å². The second-order valence-electron chi connectivity index (χ2n) is 13.9. The predicted molar refractivity (Wildman–Crippen MR) is 226 cm³/mol. The molecule has 3 heterocycles. The smallest absolute Gasteiger partial charge is 0.196 e. The summed E-state index contributed by atoms with van der Waals surface area (Å²) in [5.41, 5.74) is 12.3. The zero-order valence-electron chi connectivity index (χ0n) is 29.5. The summed E-state index contributed by atoms with van der Waals surface area (Å²) >= 11 is 0. The fraction of sp³-hybridized carbons (Fsp3) is 0. The summed E-state index contributed by atoms with van der Waals surface area (Å²) in [6.07, 6.45) is 0. The van der Waals surface area contributed by atoms with Crippen molar-refractivity contribution < 1.29 is 0 Å². The molecule has 0 unspecified atom stereocenters. The molecule has 0 saturated carbocycles. The van der Waals surface area contributed by atoms with Crippen LogP contribution in [0.4, 0.5) is 5.69 Å². The van der Waals surface area contributed by atoms with Crippen LogP contribution in [0.25, 0.3) is 98.5 Å². The Bertz CT molecular complexity index is 3400. The number of rotatable bonds is 4. The maximum atomic E-state index is 10.1. The summed E-state index contributed by atoms with van der Waals surface area (Å²) in [6, 6.07) is 63.5. The SMILES string of the molecule is [C-]#[N+]c1cccc(-n2c3ccccc3c3cccc(-n4c5ccccc5c5ccccc54)c32)c1-c1ccc(-n2c3ccccc3c3cccc(C#N)c32)cc1. The Hall–Kier alpha value is -7.86. The van der Waals surface area contributed by atoms with Crippen molar-refractivity contribution in [1.29, 1.82) is 5.26 Å². The molecule has 0 radical (unpaired) electrons. The van der Waals surface area contributed by atoms with E-state index < -0.39 is 0 Å². The van der Waals surface area contributed by atoms with Gasteiger partial charge in [-0.1, -0.05) is 121 Å². The van der Waals surface area contributed by atoms with Crippen LogP contribution in [-0.4, -0.2) is 13.7 Å². The Morgan fingerprint density at radius 3 is 1.49 bits per heavy atom. The number of hydrogen-bond donors (Lipinski definition) is 0. The minimum absolute atomic E-state index is 0.578. The summed E-state index contributed by atoms with van der Waals surface area (Å²) in [5.74, 6) is 0. The van der Waals surface area contributed by atoms with Crippen molar-refractivity contribution in [2.24, 2.45) is 0 Å². The van der Waals surface area contributed by atoms with Crippen LogP contribution in [-0.2, 0) is 0 Å². The van der Waals surface area contributed by atoms with Crippen LogP contribution in [0, 0.1) is 17.9 Å². The lowest BCUT2D eigenvalue weighted by molar-refractivity contribution is 1.13. The average molecular weight is 700 g/mol. The van der Waals surface area contributed by atoms with Gasteiger partial charge in [-0.3, -0.25) is 0 Å². The molecule has 0 bridgehead atoms. The molecule has 0 aliphatic carbocycles. The van der Waals surface area contributed by atoms with E-state index in [1.165, 1.54) is 10.8 Å². The van der Waals surface area contributed by atoms with Crippen LogP contribution in [0.15, 0.2) is 176 Å². The molecule has 5 nitrogen and oxygen atoms in total. The zero-order chi connectivity index (χ0) is 36.6. The number of aromatic nitrogens is 3. The van der Waals surface area contributed by atoms with Gasteiger partial charge in [-0.15, -0.1) is 0 Å². The van der Waals surface area contributed by atoms with Crippen molar-refractivity contribution in [1.82, 2.24) is 13.7 Å². The van der Waals surface area contributed by atoms with Crippen molar-refractivity contribution in [2.75, 3.05) is 0 Å². The van der Waals surface area contributed by atoms with Gasteiger partial charge >= 0.3 is 0 Å². The van der Waals surface area contributed by atoms with Crippen molar-refractivity contribution >= 4 is 71.1 Å². The summed E-state index contributed by atoms with van der Waals surface area (Å²) in [4.78, 5) is 4.10. The molecule has 0 amide bonds. The van der Waals surface area contributed by atoms with E-state index in [9.17, 15) is 5.26 Å². The lowest BCUT2D eigenvalue weighted by Gasteiger charge is -2.18. The average Bonchev–Trinajstić information content (AvgIpc) is 3.89. The Morgan fingerprint density at radius 2 is 0.891 bits per heavy atom. The van der Waals surface area contributed by atoms with E-state index in [-0.39, 0.29) is 0 Å². The fourth-order valence-electron chi connectivity index (χ4n) is 8.87. The van der Waals surface area contributed by atoms with E-state index in [1.807, 2.05) is 36.4 Å². The van der Waals surface area contributed by atoms with Crippen LogP contribution < -0.4 is 0 Å². The Morgan fingerprint density at radius 1 is 0.418 bits per heavy atom. The molecule has 0 aliphatic heterocycles. The molecular weight excluding hydrogens is 671 g/mol. The lowest BCUT2D eigenvalue weighted by Crippen LogP contribution is -2.02. The lowest BCUT2D eigenvalue weighted by atomic mass is 10.0. The zero-order valence-corrected chi connectivity index (χ0v) is 29.5. The third-order valence-corrected chi connectivity index (χ3v) is 11.1. The molecule has 0 fully saturated rings. The maximum Gasteiger partial charge on any atom is 0.196 e. The van der Waals surface area contributed by atoms with Gasteiger partial charge in [0.25, 0.3) is 0 Å². The second kappa shape index (κ2) is 11.8. The first-order chi connectivity index (χ1) is 27.2.